The van der Waals surface area contributed by atoms with Crippen LogP contribution in [0.4, 0.5) is 17.6 Å². The molecule has 36 heavy (non-hydrogen) atoms. The monoisotopic (exact) mass is 500 g/mol. The van der Waals surface area contributed by atoms with E-state index in [1.54, 1.807) is 29.1 Å². The third-order valence-electron chi connectivity index (χ3n) is 5.54. The Balaban J connectivity index is 1.46. The lowest BCUT2D eigenvalue weighted by Crippen LogP contribution is -2.25. The van der Waals surface area contributed by atoms with Gasteiger partial charge in [-0.2, -0.15) is 23.4 Å². The molecule has 0 saturated heterocycles. The second-order valence-corrected chi connectivity index (χ2v) is 8.43. The predicted octanol–water partition coefficient (Wildman–Crippen LogP) is 4.03. The van der Waals surface area contributed by atoms with Crippen molar-refractivity contribution < 1.29 is 22.4 Å². The Kier molecular flexibility index (Phi) is 7.20. The molecule has 2 aromatic heterocycles. The van der Waals surface area contributed by atoms with Crippen LogP contribution in [-0.2, 0) is 32.4 Å². The highest BCUT2D eigenvalue weighted by Gasteiger charge is 2.39. The molecule has 0 radical (unpaired) electrons. The number of alkyl halides is 3. The summed E-state index contributed by atoms with van der Waals surface area (Å²) in [5.74, 6) is -1.50. The van der Waals surface area contributed by atoms with Crippen molar-refractivity contribution in [3.05, 3.63) is 106 Å². The average molecular weight is 501 g/mol. The lowest BCUT2D eigenvalue weighted by molar-refractivity contribution is -0.141. The fourth-order valence-electron chi connectivity index (χ4n) is 3.70. The van der Waals surface area contributed by atoms with Gasteiger partial charge in [-0.3, -0.25) is 14.2 Å². The third-order valence-corrected chi connectivity index (χ3v) is 5.54. The Morgan fingerprint density at radius 2 is 1.64 bits per heavy atom. The zero-order valence-electron chi connectivity index (χ0n) is 19.4. The Bertz CT molecular complexity index is 1360. The van der Waals surface area contributed by atoms with Crippen molar-refractivity contribution >= 4 is 5.91 Å². The van der Waals surface area contributed by atoms with Crippen molar-refractivity contribution in [3.63, 3.8) is 0 Å². The predicted molar refractivity (Wildman–Crippen MR) is 124 cm³/mol. The summed E-state index contributed by atoms with van der Waals surface area (Å²) < 4.78 is 57.6. The van der Waals surface area contributed by atoms with E-state index >= 15 is 0 Å². The van der Waals surface area contributed by atoms with Crippen LogP contribution in [0.5, 0.6) is 0 Å². The quantitative estimate of drug-likeness (QED) is 0.358. The molecular formula is C25H24F4N6O. The van der Waals surface area contributed by atoms with Gasteiger partial charge in [-0.1, -0.05) is 36.4 Å². The molecule has 3 N–H and O–H groups in total. The van der Waals surface area contributed by atoms with Crippen molar-refractivity contribution in [1.82, 2.24) is 24.9 Å². The van der Waals surface area contributed by atoms with Gasteiger partial charge in [0.25, 0.3) is 5.91 Å². The minimum absolute atomic E-state index is 0.0133. The summed E-state index contributed by atoms with van der Waals surface area (Å²) in [6.45, 7) is 2.42. The summed E-state index contributed by atoms with van der Waals surface area (Å²) in [7, 11) is 0. The normalized spacial score (nSPS) is 11.6. The zero-order valence-corrected chi connectivity index (χ0v) is 19.4. The fraction of sp³-hybridized carbons (Fsp3) is 0.240. The fourth-order valence-corrected chi connectivity index (χ4v) is 3.70. The van der Waals surface area contributed by atoms with Gasteiger partial charge in [0.1, 0.15) is 5.82 Å². The maximum atomic E-state index is 13.9. The van der Waals surface area contributed by atoms with Crippen LogP contribution < -0.4 is 11.1 Å². The minimum atomic E-state index is -4.82. The number of hydrogen-bond donors (Lipinski definition) is 2. The van der Waals surface area contributed by atoms with Crippen molar-refractivity contribution in [2.45, 2.75) is 39.3 Å². The molecule has 2 aromatic carbocycles. The van der Waals surface area contributed by atoms with Gasteiger partial charge in [-0.25, -0.2) is 4.39 Å². The van der Waals surface area contributed by atoms with E-state index in [1.165, 1.54) is 12.1 Å². The van der Waals surface area contributed by atoms with E-state index in [9.17, 15) is 22.4 Å². The summed E-state index contributed by atoms with van der Waals surface area (Å²) in [4.78, 5) is 12.6. The second kappa shape index (κ2) is 10.3. The van der Waals surface area contributed by atoms with Crippen LogP contribution in [0.2, 0.25) is 0 Å². The number of benzene rings is 2. The highest BCUT2D eigenvalue weighted by Crippen LogP contribution is 2.31. The number of aromatic nitrogens is 4. The lowest BCUT2D eigenvalue weighted by atomic mass is 10.1. The molecule has 0 aliphatic rings. The Labute approximate surface area is 204 Å². The highest BCUT2D eigenvalue weighted by molar-refractivity contribution is 5.95. The van der Waals surface area contributed by atoms with Crippen LogP contribution in [0.1, 0.15) is 43.9 Å². The summed E-state index contributed by atoms with van der Waals surface area (Å²) in [5, 5.41) is 10.3. The molecule has 0 spiro atoms. The molecule has 0 fully saturated rings. The average Bonchev–Trinajstić information content (AvgIpc) is 3.45. The van der Waals surface area contributed by atoms with Crippen LogP contribution in [0.3, 0.4) is 0 Å². The number of nitrogens with two attached hydrogens (primary N) is 1. The molecule has 1 amide bonds. The van der Waals surface area contributed by atoms with E-state index in [0.29, 0.717) is 23.2 Å². The van der Waals surface area contributed by atoms with E-state index < -0.39 is 29.2 Å². The van der Waals surface area contributed by atoms with Gasteiger partial charge in [-0.15, -0.1) is 0 Å². The first-order valence-corrected chi connectivity index (χ1v) is 11.1. The number of nitrogens with zero attached hydrogens (tertiary/aromatic N) is 4. The van der Waals surface area contributed by atoms with Gasteiger partial charge in [0.15, 0.2) is 5.69 Å². The lowest BCUT2D eigenvalue weighted by Gasteiger charge is -2.08. The minimum Gasteiger partial charge on any atom is -0.348 e. The van der Waals surface area contributed by atoms with Crippen molar-refractivity contribution in [1.29, 1.82) is 0 Å². The van der Waals surface area contributed by atoms with Gasteiger partial charge < -0.3 is 11.1 Å². The molecule has 0 aliphatic carbocycles. The Hall–Kier alpha value is -3.99. The largest absolute Gasteiger partial charge is 0.435 e. The molecule has 188 valence electrons. The van der Waals surface area contributed by atoms with E-state index in [1.807, 2.05) is 25.3 Å². The molecule has 7 nitrogen and oxygen atoms in total. The molecule has 4 aromatic rings. The molecule has 0 bridgehead atoms. The summed E-state index contributed by atoms with van der Waals surface area (Å²) >= 11 is 0. The van der Waals surface area contributed by atoms with Crippen LogP contribution >= 0.6 is 0 Å². The number of aryl methyl sites for hydroxylation is 1. The number of rotatable bonds is 8. The van der Waals surface area contributed by atoms with Crippen molar-refractivity contribution in [3.8, 4) is 0 Å². The first-order chi connectivity index (χ1) is 17.1. The number of amides is 1. The van der Waals surface area contributed by atoms with E-state index in [-0.39, 0.29) is 19.6 Å². The van der Waals surface area contributed by atoms with Gasteiger partial charge in [0.05, 0.1) is 24.8 Å². The topological polar surface area (TPSA) is 90.8 Å². The SMILES string of the molecule is Cc1cnn(Cc2ccc(Cn3cc(C(=O)NCc4ccc(CN)c(F)c4)c(C(F)(F)F)n3)cc2)c1. The maximum Gasteiger partial charge on any atom is 0.435 e. The number of hydrogen-bond acceptors (Lipinski definition) is 4. The number of carbonyl (C=O) groups is 1. The maximum absolute atomic E-state index is 13.9. The Morgan fingerprint density at radius 1 is 1.00 bits per heavy atom. The first kappa shape index (κ1) is 25.1. The standard InChI is InChI=1S/C25H24F4N6O/c1-16-10-32-34(12-16)13-17-2-4-18(5-3-17)14-35-15-21(23(33-35)25(27,28)29)24(36)31-11-19-6-7-20(9-30)22(26)8-19/h2-8,10,12,15H,9,11,13-14,30H2,1H3,(H,31,36). The van der Waals surface area contributed by atoms with Gasteiger partial charge in [-0.05, 0) is 35.2 Å². The van der Waals surface area contributed by atoms with Crippen LogP contribution in [0, 0.1) is 12.7 Å². The summed E-state index contributed by atoms with van der Waals surface area (Å²) in [5.41, 5.74) is 6.97. The van der Waals surface area contributed by atoms with Crippen LogP contribution in [0.15, 0.2) is 61.1 Å². The number of halogens is 4. The van der Waals surface area contributed by atoms with E-state index in [2.05, 4.69) is 15.5 Å². The molecule has 0 saturated carbocycles. The second-order valence-electron chi connectivity index (χ2n) is 8.43. The van der Waals surface area contributed by atoms with E-state index in [0.717, 1.165) is 22.0 Å². The summed E-state index contributed by atoms with van der Waals surface area (Å²) in [6, 6.07) is 11.5. The molecule has 2 heterocycles. The Morgan fingerprint density at radius 3 is 2.19 bits per heavy atom. The molecule has 0 atom stereocenters. The van der Waals surface area contributed by atoms with Crippen LogP contribution in [0.25, 0.3) is 0 Å². The van der Waals surface area contributed by atoms with Gasteiger partial charge in [0, 0.05) is 31.0 Å². The molecule has 0 aliphatic heterocycles. The zero-order chi connectivity index (χ0) is 25.9. The van der Waals surface area contributed by atoms with Crippen molar-refractivity contribution in [2.24, 2.45) is 5.73 Å². The third kappa shape index (κ3) is 5.98. The van der Waals surface area contributed by atoms with Gasteiger partial charge >= 0.3 is 6.18 Å². The molecule has 4 rings (SSSR count). The van der Waals surface area contributed by atoms with Crippen molar-refractivity contribution in [2.75, 3.05) is 0 Å². The van der Waals surface area contributed by atoms with Crippen LogP contribution in [-0.4, -0.2) is 25.5 Å². The molecule has 0 unspecified atom stereocenters. The highest BCUT2D eigenvalue weighted by atomic mass is 19.4. The smallest absolute Gasteiger partial charge is 0.348 e. The van der Waals surface area contributed by atoms with E-state index in [4.69, 9.17) is 5.73 Å². The first-order valence-electron chi connectivity index (χ1n) is 11.1. The number of carbonyl (C=O) groups excluding carboxylic acids is 1. The van der Waals surface area contributed by atoms with Gasteiger partial charge in [0.2, 0.25) is 0 Å². The molecule has 11 heteroatoms. The summed E-state index contributed by atoms with van der Waals surface area (Å²) in [6.07, 6.45) is -0.0857. The molecular weight excluding hydrogens is 476 g/mol. The number of nitrogens with one attached hydrogen (secondary N) is 1.